The number of benzene rings is 4. The topological polar surface area (TPSA) is 37.8 Å². The Morgan fingerprint density at radius 3 is 1.02 bits per heavy atom. The van der Waals surface area contributed by atoms with Crippen molar-refractivity contribution in [3.8, 4) is 0 Å². The fourth-order valence-electron chi connectivity index (χ4n) is 4.92. The lowest BCUT2D eigenvalue weighted by molar-refractivity contribution is 1.23. The van der Waals surface area contributed by atoms with Gasteiger partial charge in [0.05, 0.1) is 0 Å². The highest BCUT2D eigenvalue weighted by molar-refractivity contribution is 7.80. The van der Waals surface area contributed by atoms with Gasteiger partial charge in [0.2, 0.25) is 0 Å². The Kier molecular flexibility index (Phi) is 8.28. The number of pyridine rings is 2. The molecular formula is C36H31N3P2. The van der Waals surface area contributed by atoms with E-state index in [4.69, 9.17) is 9.97 Å². The van der Waals surface area contributed by atoms with Crippen molar-refractivity contribution in [1.82, 2.24) is 9.97 Å². The average Bonchev–Trinajstić information content (AvgIpc) is 3.02. The standard InChI is InChI=1S/C36H31N3P2/c1-27-23-33(40(29-15-7-3-8-16-29)30-17-9-4-10-18-30)35(37-25-27)39-36-34(24-28(2)26-38-36)41(31-19-11-5-12-20-31)32-21-13-6-14-22-32/h3-26H,1-2H3,(H,37,38,39). The third-order valence-electron chi connectivity index (χ3n) is 6.78. The molecular weight excluding hydrogens is 536 g/mol. The van der Waals surface area contributed by atoms with Crippen LogP contribution in [0.4, 0.5) is 11.6 Å². The van der Waals surface area contributed by atoms with Crippen LogP contribution in [0.25, 0.3) is 0 Å². The first-order valence-electron chi connectivity index (χ1n) is 13.7. The predicted octanol–water partition coefficient (Wildman–Crippen LogP) is 6.35. The lowest BCUT2D eigenvalue weighted by Crippen LogP contribution is -2.27. The number of anilines is 2. The van der Waals surface area contributed by atoms with Crippen LogP contribution in [-0.2, 0) is 0 Å². The summed E-state index contributed by atoms with van der Waals surface area (Å²) in [6, 6.07) is 47.7. The molecule has 0 spiro atoms. The maximum absolute atomic E-state index is 4.99. The first-order valence-corrected chi connectivity index (χ1v) is 16.4. The Morgan fingerprint density at radius 1 is 0.439 bits per heavy atom. The zero-order valence-electron chi connectivity index (χ0n) is 23.1. The lowest BCUT2D eigenvalue weighted by Gasteiger charge is -2.25. The van der Waals surface area contributed by atoms with Gasteiger partial charge in [-0.2, -0.15) is 0 Å². The van der Waals surface area contributed by atoms with Crippen molar-refractivity contribution in [3.05, 3.63) is 157 Å². The molecule has 6 rings (SSSR count). The second kappa shape index (κ2) is 12.6. The fourth-order valence-corrected chi connectivity index (χ4v) is 9.82. The minimum atomic E-state index is -0.846. The summed E-state index contributed by atoms with van der Waals surface area (Å²) in [5.74, 6) is 1.70. The molecule has 0 bridgehead atoms. The van der Waals surface area contributed by atoms with Crippen LogP contribution in [0, 0.1) is 13.8 Å². The summed E-state index contributed by atoms with van der Waals surface area (Å²) in [6.45, 7) is 4.23. The van der Waals surface area contributed by atoms with Crippen LogP contribution in [0.1, 0.15) is 11.1 Å². The van der Waals surface area contributed by atoms with Crippen molar-refractivity contribution in [2.45, 2.75) is 13.8 Å². The van der Waals surface area contributed by atoms with E-state index in [1.54, 1.807) is 0 Å². The molecule has 0 amide bonds. The summed E-state index contributed by atoms with van der Waals surface area (Å²) in [5.41, 5.74) is 2.27. The van der Waals surface area contributed by atoms with E-state index < -0.39 is 15.8 Å². The minimum Gasteiger partial charge on any atom is -0.324 e. The van der Waals surface area contributed by atoms with Gasteiger partial charge in [0.25, 0.3) is 0 Å². The Balaban J connectivity index is 1.51. The molecule has 2 heterocycles. The van der Waals surface area contributed by atoms with Crippen molar-refractivity contribution in [3.63, 3.8) is 0 Å². The van der Waals surface area contributed by atoms with Crippen LogP contribution in [0.15, 0.2) is 146 Å². The van der Waals surface area contributed by atoms with Gasteiger partial charge in [0, 0.05) is 23.0 Å². The number of hydrogen-bond donors (Lipinski definition) is 1. The normalized spacial score (nSPS) is 11.1. The van der Waals surface area contributed by atoms with E-state index in [0.717, 1.165) is 22.8 Å². The van der Waals surface area contributed by atoms with Crippen LogP contribution in [0.5, 0.6) is 0 Å². The van der Waals surface area contributed by atoms with E-state index in [1.165, 1.54) is 31.8 Å². The van der Waals surface area contributed by atoms with E-state index in [-0.39, 0.29) is 0 Å². The maximum Gasteiger partial charge on any atom is 0.139 e. The van der Waals surface area contributed by atoms with Gasteiger partial charge >= 0.3 is 0 Å². The summed E-state index contributed by atoms with van der Waals surface area (Å²) in [7, 11) is -1.69. The minimum absolute atomic E-state index is 0.846. The molecule has 0 aliphatic heterocycles. The van der Waals surface area contributed by atoms with E-state index in [0.29, 0.717) is 0 Å². The highest BCUT2D eigenvalue weighted by Gasteiger charge is 2.24. The molecule has 200 valence electrons. The van der Waals surface area contributed by atoms with E-state index in [1.807, 2.05) is 12.4 Å². The monoisotopic (exact) mass is 567 g/mol. The number of nitrogens with zero attached hydrogens (tertiary/aromatic N) is 2. The van der Waals surface area contributed by atoms with Gasteiger partial charge in [-0.1, -0.05) is 121 Å². The smallest absolute Gasteiger partial charge is 0.139 e. The first kappa shape index (κ1) is 27.0. The Labute approximate surface area is 244 Å². The van der Waals surface area contributed by atoms with E-state index >= 15 is 0 Å². The SMILES string of the molecule is Cc1cnc(Nc2ncc(C)cc2P(c2ccccc2)c2ccccc2)c(P(c2ccccc2)c2ccccc2)c1. The molecule has 3 nitrogen and oxygen atoms in total. The summed E-state index contributed by atoms with van der Waals surface area (Å²) in [4.78, 5) is 9.97. The van der Waals surface area contributed by atoms with Crippen LogP contribution in [0.3, 0.4) is 0 Å². The Hall–Kier alpha value is -4.16. The number of rotatable bonds is 8. The number of aryl methyl sites for hydroxylation is 2. The molecule has 0 aliphatic carbocycles. The molecule has 41 heavy (non-hydrogen) atoms. The van der Waals surface area contributed by atoms with Crippen LogP contribution in [0.2, 0.25) is 0 Å². The fraction of sp³-hybridized carbons (Fsp3) is 0.0556. The third-order valence-corrected chi connectivity index (χ3v) is 11.7. The van der Waals surface area contributed by atoms with Gasteiger partial charge in [0.1, 0.15) is 11.6 Å². The third kappa shape index (κ3) is 6.13. The highest BCUT2D eigenvalue weighted by atomic mass is 31.1. The highest BCUT2D eigenvalue weighted by Crippen LogP contribution is 2.38. The van der Waals surface area contributed by atoms with Gasteiger partial charge in [-0.3, -0.25) is 0 Å². The molecule has 6 aromatic rings. The van der Waals surface area contributed by atoms with Gasteiger partial charge < -0.3 is 5.32 Å². The van der Waals surface area contributed by atoms with Crippen LogP contribution >= 0.6 is 15.8 Å². The zero-order chi connectivity index (χ0) is 28.0. The van der Waals surface area contributed by atoms with Crippen molar-refractivity contribution >= 4 is 59.3 Å². The average molecular weight is 568 g/mol. The molecule has 5 heteroatoms. The van der Waals surface area contributed by atoms with Crippen molar-refractivity contribution in [2.24, 2.45) is 0 Å². The van der Waals surface area contributed by atoms with E-state index in [2.05, 4.69) is 153 Å². The molecule has 0 aliphatic rings. The predicted molar refractivity (Wildman–Crippen MR) is 179 cm³/mol. The summed E-state index contributed by atoms with van der Waals surface area (Å²) in [5, 5.41) is 11.3. The summed E-state index contributed by atoms with van der Waals surface area (Å²) >= 11 is 0. The Bertz CT molecular complexity index is 1520. The van der Waals surface area contributed by atoms with Gasteiger partial charge in [-0.15, -0.1) is 0 Å². The molecule has 0 fully saturated rings. The largest absolute Gasteiger partial charge is 0.324 e. The molecule has 0 atom stereocenters. The number of aromatic nitrogens is 2. The quantitative estimate of drug-likeness (QED) is 0.218. The van der Waals surface area contributed by atoms with Crippen LogP contribution in [-0.4, -0.2) is 9.97 Å². The van der Waals surface area contributed by atoms with Crippen molar-refractivity contribution < 1.29 is 0 Å². The second-order valence-electron chi connectivity index (χ2n) is 9.90. The van der Waals surface area contributed by atoms with Gasteiger partial charge in [-0.25, -0.2) is 9.97 Å². The molecule has 1 N–H and O–H groups in total. The second-order valence-corrected chi connectivity index (χ2v) is 14.3. The molecule has 4 aromatic carbocycles. The van der Waals surface area contributed by atoms with Gasteiger partial charge in [0.15, 0.2) is 0 Å². The molecule has 2 aromatic heterocycles. The lowest BCUT2D eigenvalue weighted by atomic mass is 10.3. The first-order chi connectivity index (χ1) is 20.2. The molecule has 0 radical (unpaired) electrons. The maximum atomic E-state index is 4.99. The van der Waals surface area contributed by atoms with Crippen molar-refractivity contribution in [1.29, 1.82) is 0 Å². The summed E-state index contributed by atoms with van der Waals surface area (Å²) in [6.07, 6.45) is 3.89. The van der Waals surface area contributed by atoms with E-state index in [9.17, 15) is 0 Å². The molecule has 0 saturated carbocycles. The zero-order valence-corrected chi connectivity index (χ0v) is 24.9. The molecule has 0 saturated heterocycles. The van der Waals surface area contributed by atoms with Gasteiger partial charge in [-0.05, 0) is 74.2 Å². The van der Waals surface area contributed by atoms with Crippen molar-refractivity contribution in [2.75, 3.05) is 5.32 Å². The molecule has 0 unspecified atom stereocenters. The number of hydrogen-bond acceptors (Lipinski definition) is 3. The summed E-state index contributed by atoms with van der Waals surface area (Å²) < 4.78 is 0. The number of nitrogens with one attached hydrogen (secondary N) is 1. The van der Waals surface area contributed by atoms with Crippen LogP contribution < -0.4 is 37.1 Å². The Morgan fingerprint density at radius 2 is 0.732 bits per heavy atom.